The number of nitrogens with zero attached hydrogens (tertiary/aromatic N) is 2. The lowest BCUT2D eigenvalue weighted by Crippen LogP contribution is -2.51. The normalized spacial score (nSPS) is 12.1. The minimum Gasteiger partial charge on any atom is -0.497 e. The molecule has 0 unspecified atom stereocenters. The Kier molecular flexibility index (Phi) is 10.4. The van der Waals surface area contributed by atoms with Crippen LogP contribution in [0.1, 0.15) is 26.3 Å². The number of carbonyl (C=O) groups excluding carboxylic acids is 2. The van der Waals surface area contributed by atoms with Gasteiger partial charge in [-0.3, -0.25) is 13.9 Å². The van der Waals surface area contributed by atoms with Crippen LogP contribution >= 0.6 is 11.6 Å². The summed E-state index contributed by atoms with van der Waals surface area (Å²) in [6, 6.07) is 20.5. The van der Waals surface area contributed by atoms with Gasteiger partial charge >= 0.3 is 0 Å². The van der Waals surface area contributed by atoms with E-state index in [2.05, 4.69) is 5.32 Å². The second-order valence-corrected chi connectivity index (χ2v) is 11.8. The second kappa shape index (κ2) is 13.5. The summed E-state index contributed by atoms with van der Waals surface area (Å²) in [6.45, 7) is 5.55. The molecule has 0 radical (unpaired) electrons. The highest BCUT2D eigenvalue weighted by Crippen LogP contribution is 2.27. The predicted molar refractivity (Wildman–Crippen MR) is 153 cm³/mol. The van der Waals surface area contributed by atoms with Gasteiger partial charge in [0.2, 0.25) is 11.8 Å². The number of halogens is 1. The number of methoxy groups -OCH3 is 1. The van der Waals surface area contributed by atoms with Crippen LogP contribution < -0.4 is 14.4 Å². The molecule has 3 aromatic rings. The molecule has 39 heavy (non-hydrogen) atoms. The first-order chi connectivity index (χ1) is 18.5. The summed E-state index contributed by atoms with van der Waals surface area (Å²) in [6.07, 6.45) is 0. The average Bonchev–Trinajstić information content (AvgIpc) is 2.93. The highest BCUT2D eigenvalue weighted by atomic mass is 35.5. The van der Waals surface area contributed by atoms with Crippen molar-refractivity contribution in [3.8, 4) is 5.75 Å². The number of carbonyl (C=O) groups is 2. The van der Waals surface area contributed by atoms with Crippen LogP contribution in [0.4, 0.5) is 5.69 Å². The number of nitrogens with one attached hydrogen (secondary N) is 1. The average molecular weight is 572 g/mol. The summed E-state index contributed by atoms with van der Waals surface area (Å²) < 4.78 is 33.8. The molecule has 10 heteroatoms. The maximum atomic E-state index is 13.9. The zero-order chi connectivity index (χ0) is 28.6. The Morgan fingerprint density at radius 2 is 1.64 bits per heavy atom. The van der Waals surface area contributed by atoms with E-state index in [4.69, 9.17) is 16.3 Å². The van der Waals surface area contributed by atoms with Crippen molar-refractivity contribution in [1.82, 2.24) is 10.2 Å². The molecule has 208 valence electrons. The van der Waals surface area contributed by atoms with E-state index in [0.717, 1.165) is 9.87 Å². The summed E-state index contributed by atoms with van der Waals surface area (Å²) in [7, 11) is -2.60. The van der Waals surface area contributed by atoms with Gasteiger partial charge in [-0.15, -0.1) is 0 Å². The largest absolute Gasteiger partial charge is 0.497 e. The molecule has 3 rings (SSSR count). The fourth-order valence-corrected chi connectivity index (χ4v) is 5.49. The first-order valence-electron chi connectivity index (χ1n) is 12.6. The van der Waals surface area contributed by atoms with Crippen LogP contribution in [-0.2, 0) is 26.2 Å². The lowest BCUT2D eigenvalue weighted by atomic mass is 10.1. The third-order valence-corrected chi connectivity index (χ3v) is 8.07. The zero-order valence-electron chi connectivity index (χ0n) is 22.5. The maximum Gasteiger partial charge on any atom is 0.264 e. The van der Waals surface area contributed by atoms with Gasteiger partial charge in [0, 0.05) is 18.1 Å². The van der Waals surface area contributed by atoms with Crippen molar-refractivity contribution in [3.63, 3.8) is 0 Å². The SMILES string of the molecule is COc1cccc(CN(C(=O)CN(c2cccc(Cl)c2)S(=O)(=O)c2ccccc2)[C@@H](C)C(=O)NCC(C)C)c1. The minimum absolute atomic E-state index is 0.0276. The third kappa shape index (κ3) is 7.97. The second-order valence-electron chi connectivity index (χ2n) is 9.49. The smallest absolute Gasteiger partial charge is 0.264 e. The molecular formula is C29H34ClN3O5S. The Morgan fingerprint density at radius 3 is 2.28 bits per heavy atom. The fraction of sp³-hybridized carbons (Fsp3) is 0.310. The molecule has 0 aliphatic heterocycles. The molecule has 0 bridgehead atoms. The van der Waals surface area contributed by atoms with E-state index >= 15 is 0 Å². The van der Waals surface area contributed by atoms with Crippen molar-refractivity contribution < 1.29 is 22.7 Å². The van der Waals surface area contributed by atoms with E-state index in [0.29, 0.717) is 17.3 Å². The quantitative estimate of drug-likeness (QED) is 0.339. The van der Waals surface area contributed by atoms with Crippen molar-refractivity contribution in [2.75, 3.05) is 24.5 Å². The highest BCUT2D eigenvalue weighted by molar-refractivity contribution is 7.92. The van der Waals surface area contributed by atoms with Gasteiger partial charge in [0.1, 0.15) is 18.3 Å². The van der Waals surface area contributed by atoms with Crippen LogP contribution in [0.3, 0.4) is 0 Å². The van der Waals surface area contributed by atoms with Gasteiger partial charge in [-0.25, -0.2) is 8.42 Å². The Bertz CT molecular complexity index is 1380. The monoisotopic (exact) mass is 571 g/mol. The molecule has 8 nitrogen and oxygen atoms in total. The molecule has 0 aliphatic rings. The van der Waals surface area contributed by atoms with Crippen LogP contribution in [-0.4, -0.2) is 51.4 Å². The number of amides is 2. The molecule has 3 aromatic carbocycles. The highest BCUT2D eigenvalue weighted by Gasteiger charge is 2.32. The van der Waals surface area contributed by atoms with Gasteiger partial charge in [0.05, 0.1) is 17.7 Å². The Labute approximate surface area is 235 Å². The Morgan fingerprint density at radius 1 is 0.949 bits per heavy atom. The molecule has 0 fully saturated rings. The first kappa shape index (κ1) is 30.0. The molecule has 0 spiro atoms. The van der Waals surface area contributed by atoms with Crippen LogP contribution in [0.25, 0.3) is 0 Å². The van der Waals surface area contributed by atoms with Gasteiger partial charge in [-0.05, 0) is 60.9 Å². The topological polar surface area (TPSA) is 96.0 Å². The Hall–Kier alpha value is -3.56. The summed E-state index contributed by atoms with van der Waals surface area (Å²) in [5, 5.41) is 3.19. The first-order valence-corrected chi connectivity index (χ1v) is 14.4. The van der Waals surface area contributed by atoms with E-state index in [1.54, 1.807) is 68.6 Å². The van der Waals surface area contributed by atoms with E-state index < -0.39 is 28.5 Å². The number of sulfonamides is 1. The van der Waals surface area contributed by atoms with E-state index in [1.165, 1.54) is 23.1 Å². The van der Waals surface area contributed by atoms with Crippen LogP contribution in [0.2, 0.25) is 5.02 Å². The summed E-state index contributed by atoms with van der Waals surface area (Å²) >= 11 is 6.19. The molecule has 1 N–H and O–H groups in total. The van der Waals surface area contributed by atoms with Gasteiger partial charge in [0.15, 0.2) is 0 Å². The molecule has 0 aliphatic carbocycles. The van der Waals surface area contributed by atoms with Crippen LogP contribution in [0.5, 0.6) is 5.75 Å². The maximum absolute atomic E-state index is 13.9. The molecule has 0 heterocycles. The lowest BCUT2D eigenvalue weighted by molar-refractivity contribution is -0.139. The third-order valence-electron chi connectivity index (χ3n) is 6.05. The van der Waals surface area contributed by atoms with E-state index in [1.807, 2.05) is 19.9 Å². The standard InChI is InChI=1S/C29H34ClN3O5S/c1-21(2)18-31-29(35)22(3)32(19-23-10-8-13-26(16-23)38-4)28(34)20-33(25-12-9-11-24(30)17-25)39(36,37)27-14-6-5-7-15-27/h5-17,21-22H,18-20H2,1-4H3,(H,31,35)/t22-/m0/s1. The molecule has 0 aromatic heterocycles. The number of benzene rings is 3. The van der Waals surface area contributed by atoms with Crippen molar-refractivity contribution in [1.29, 1.82) is 0 Å². The predicted octanol–water partition coefficient (Wildman–Crippen LogP) is 4.73. The lowest BCUT2D eigenvalue weighted by Gasteiger charge is -2.32. The number of anilines is 1. The summed E-state index contributed by atoms with van der Waals surface area (Å²) in [4.78, 5) is 28.4. The molecule has 2 amide bonds. The molecule has 0 saturated heterocycles. The number of hydrogen-bond donors (Lipinski definition) is 1. The van der Waals surface area contributed by atoms with Crippen LogP contribution in [0, 0.1) is 5.92 Å². The fourth-order valence-electron chi connectivity index (χ4n) is 3.88. The molecule has 0 saturated carbocycles. The van der Waals surface area contributed by atoms with Crippen molar-refractivity contribution in [2.45, 2.75) is 38.3 Å². The molecular weight excluding hydrogens is 538 g/mol. The van der Waals surface area contributed by atoms with Gasteiger partial charge in [-0.1, -0.05) is 61.8 Å². The number of rotatable bonds is 12. The number of hydrogen-bond acceptors (Lipinski definition) is 5. The minimum atomic E-state index is -4.14. The van der Waals surface area contributed by atoms with E-state index in [9.17, 15) is 18.0 Å². The summed E-state index contributed by atoms with van der Waals surface area (Å²) in [5.74, 6) is -0.0632. The van der Waals surface area contributed by atoms with E-state index in [-0.39, 0.29) is 29.0 Å². The number of ether oxygens (including phenoxy) is 1. The van der Waals surface area contributed by atoms with Crippen LogP contribution in [0.15, 0.2) is 83.8 Å². The van der Waals surface area contributed by atoms with Crippen molar-refractivity contribution >= 4 is 39.1 Å². The van der Waals surface area contributed by atoms with Gasteiger partial charge in [0.25, 0.3) is 10.0 Å². The van der Waals surface area contributed by atoms with Crippen molar-refractivity contribution in [2.24, 2.45) is 5.92 Å². The Balaban J connectivity index is 2.01. The van der Waals surface area contributed by atoms with Gasteiger partial charge < -0.3 is 15.0 Å². The molecule has 1 atom stereocenters. The van der Waals surface area contributed by atoms with Gasteiger partial charge in [-0.2, -0.15) is 0 Å². The van der Waals surface area contributed by atoms with Crippen molar-refractivity contribution in [3.05, 3.63) is 89.4 Å². The zero-order valence-corrected chi connectivity index (χ0v) is 24.1. The summed E-state index contributed by atoms with van der Waals surface area (Å²) in [5.41, 5.74) is 0.962.